The lowest BCUT2D eigenvalue weighted by Crippen LogP contribution is -2.50. The number of carbonyl (C=O) groups excluding carboxylic acids is 1. The Kier molecular flexibility index (Phi) is 8.14. The maximum atomic E-state index is 13.4. The number of halogens is 3. The molecule has 1 N–H and O–H groups in total. The van der Waals surface area contributed by atoms with Gasteiger partial charge < -0.3 is 4.74 Å². The monoisotopic (exact) mass is 470 g/mol. The topological polar surface area (TPSA) is 75.7 Å². The second kappa shape index (κ2) is 10.8. The summed E-state index contributed by atoms with van der Waals surface area (Å²) in [6.07, 6.45) is 3.72. The molecule has 1 aliphatic rings. The van der Waals surface area contributed by atoms with Gasteiger partial charge in [0, 0.05) is 18.7 Å². The number of ether oxygens (including phenoxy) is 1. The number of hydrogen-bond donors (Lipinski definition) is 1. The van der Waals surface area contributed by atoms with Gasteiger partial charge in [-0.1, -0.05) is 30.3 Å². The summed E-state index contributed by atoms with van der Waals surface area (Å²) in [5, 5.41) is 0. The van der Waals surface area contributed by atoms with Crippen molar-refractivity contribution in [2.45, 2.75) is 44.6 Å². The van der Waals surface area contributed by atoms with Gasteiger partial charge in [-0.05, 0) is 44.1 Å². The van der Waals surface area contributed by atoms with E-state index in [9.17, 15) is 26.4 Å². The highest BCUT2D eigenvalue weighted by Gasteiger charge is 2.38. The van der Waals surface area contributed by atoms with Crippen LogP contribution in [0.2, 0.25) is 0 Å². The standard InChI is InChI=1S/C22H25F3N2O4S/c23-18-14-17(15-19(24)21(18)25)26-32(29,30)27-12-6-4-11-20(27)22(28)31-13-7-5-10-16-8-2-1-3-9-16/h1-3,8-9,14-15,20,26H,4-7,10-13H2. The summed E-state index contributed by atoms with van der Waals surface area (Å²) >= 11 is 0. The quantitative estimate of drug-likeness (QED) is 0.339. The van der Waals surface area contributed by atoms with Gasteiger partial charge in [0.15, 0.2) is 17.5 Å². The normalized spacial score (nSPS) is 17.2. The van der Waals surface area contributed by atoms with Crippen molar-refractivity contribution in [3.63, 3.8) is 0 Å². The molecule has 0 amide bonds. The lowest BCUT2D eigenvalue weighted by Gasteiger charge is -2.33. The number of aryl methyl sites for hydroxylation is 1. The van der Waals surface area contributed by atoms with E-state index in [1.807, 2.05) is 35.1 Å². The lowest BCUT2D eigenvalue weighted by molar-refractivity contribution is -0.149. The first-order valence-electron chi connectivity index (χ1n) is 10.4. The average Bonchev–Trinajstić information content (AvgIpc) is 2.77. The van der Waals surface area contributed by atoms with Gasteiger partial charge in [-0.2, -0.15) is 12.7 Å². The minimum absolute atomic E-state index is 0.0509. The Morgan fingerprint density at radius 2 is 1.75 bits per heavy atom. The van der Waals surface area contributed by atoms with E-state index in [-0.39, 0.29) is 19.6 Å². The van der Waals surface area contributed by atoms with Crippen molar-refractivity contribution in [3.8, 4) is 0 Å². The molecule has 0 saturated carbocycles. The molecule has 3 rings (SSSR count). The summed E-state index contributed by atoms with van der Waals surface area (Å²) in [7, 11) is -4.32. The third-order valence-corrected chi connectivity index (χ3v) is 6.76. The molecular weight excluding hydrogens is 445 g/mol. The molecule has 1 saturated heterocycles. The first kappa shape index (κ1) is 24.1. The zero-order valence-corrected chi connectivity index (χ0v) is 18.2. The van der Waals surface area contributed by atoms with Gasteiger partial charge in [0.05, 0.1) is 12.3 Å². The molecule has 1 unspecified atom stereocenters. The maximum absolute atomic E-state index is 13.4. The second-order valence-corrected chi connectivity index (χ2v) is 9.22. The summed E-state index contributed by atoms with van der Waals surface area (Å²) in [5.74, 6) is -5.40. The van der Waals surface area contributed by atoms with Crippen molar-refractivity contribution in [2.24, 2.45) is 0 Å². The fraction of sp³-hybridized carbons (Fsp3) is 0.409. The fourth-order valence-electron chi connectivity index (χ4n) is 3.60. The fourth-order valence-corrected chi connectivity index (χ4v) is 5.02. The van der Waals surface area contributed by atoms with Crippen LogP contribution in [-0.2, 0) is 26.2 Å². The van der Waals surface area contributed by atoms with E-state index in [0.29, 0.717) is 31.4 Å². The number of benzene rings is 2. The van der Waals surface area contributed by atoms with Crippen LogP contribution >= 0.6 is 0 Å². The Labute approximate surface area is 185 Å². The van der Waals surface area contributed by atoms with Crippen LogP contribution in [0.5, 0.6) is 0 Å². The molecule has 1 atom stereocenters. The highest BCUT2D eigenvalue weighted by atomic mass is 32.2. The Bertz CT molecular complexity index is 1010. The van der Waals surface area contributed by atoms with E-state index in [2.05, 4.69) is 0 Å². The Morgan fingerprint density at radius 3 is 2.44 bits per heavy atom. The molecule has 1 heterocycles. The molecule has 6 nitrogen and oxygen atoms in total. The number of esters is 1. The van der Waals surface area contributed by atoms with Gasteiger partial charge in [0.1, 0.15) is 6.04 Å². The Morgan fingerprint density at radius 1 is 1.06 bits per heavy atom. The molecule has 0 aliphatic carbocycles. The highest BCUT2D eigenvalue weighted by Crippen LogP contribution is 2.25. The maximum Gasteiger partial charge on any atom is 0.324 e. The van der Waals surface area contributed by atoms with Crippen molar-refractivity contribution < 1.29 is 31.1 Å². The van der Waals surface area contributed by atoms with E-state index < -0.39 is 45.4 Å². The SMILES string of the molecule is O=C(OCCCCc1ccccc1)C1CCCCN1S(=O)(=O)Nc1cc(F)c(F)c(F)c1. The van der Waals surface area contributed by atoms with E-state index in [4.69, 9.17) is 4.74 Å². The first-order chi connectivity index (χ1) is 15.3. The minimum Gasteiger partial charge on any atom is -0.464 e. The van der Waals surface area contributed by atoms with Crippen LogP contribution in [0.25, 0.3) is 0 Å². The van der Waals surface area contributed by atoms with Crippen LogP contribution < -0.4 is 4.72 Å². The number of anilines is 1. The van der Waals surface area contributed by atoms with Crippen LogP contribution in [-0.4, -0.2) is 37.9 Å². The Hall–Kier alpha value is -2.59. The molecular formula is C22H25F3N2O4S. The number of unbranched alkanes of at least 4 members (excludes halogenated alkanes) is 1. The van der Waals surface area contributed by atoms with E-state index in [0.717, 1.165) is 17.1 Å². The molecule has 174 valence electrons. The van der Waals surface area contributed by atoms with Crippen LogP contribution in [0.1, 0.15) is 37.7 Å². The molecule has 10 heteroatoms. The smallest absolute Gasteiger partial charge is 0.324 e. The number of carbonyl (C=O) groups is 1. The zero-order chi connectivity index (χ0) is 23.1. The van der Waals surface area contributed by atoms with Crippen molar-refractivity contribution in [2.75, 3.05) is 17.9 Å². The molecule has 2 aromatic rings. The third-order valence-electron chi connectivity index (χ3n) is 5.21. The number of hydrogen-bond acceptors (Lipinski definition) is 4. The van der Waals surface area contributed by atoms with Gasteiger partial charge in [-0.15, -0.1) is 0 Å². The summed E-state index contributed by atoms with van der Waals surface area (Å²) < 4.78 is 73.8. The van der Waals surface area contributed by atoms with E-state index in [1.165, 1.54) is 5.56 Å². The molecule has 32 heavy (non-hydrogen) atoms. The van der Waals surface area contributed by atoms with Crippen molar-refractivity contribution in [1.29, 1.82) is 0 Å². The van der Waals surface area contributed by atoms with Crippen LogP contribution in [0.4, 0.5) is 18.9 Å². The molecule has 0 bridgehead atoms. The van der Waals surface area contributed by atoms with Crippen LogP contribution in [0.3, 0.4) is 0 Å². The van der Waals surface area contributed by atoms with Crippen LogP contribution in [0, 0.1) is 17.5 Å². The number of nitrogens with zero attached hydrogens (tertiary/aromatic N) is 1. The van der Waals surface area contributed by atoms with Gasteiger partial charge in [0.2, 0.25) is 0 Å². The van der Waals surface area contributed by atoms with Gasteiger partial charge in [-0.25, -0.2) is 13.2 Å². The summed E-state index contributed by atoms with van der Waals surface area (Å²) in [6.45, 7) is 0.215. The Balaban J connectivity index is 1.57. The molecule has 0 radical (unpaired) electrons. The van der Waals surface area contributed by atoms with Crippen molar-refractivity contribution in [3.05, 3.63) is 65.5 Å². The van der Waals surface area contributed by atoms with E-state index in [1.54, 1.807) is 0 Å². The summed E-state index contributed by atoms with van der Waals surface area (Å²) in [6, 6.07) is 9.93. The van der Waals surface area contributed by atoms with Crippen molar-refractivity contribution >= 4 is 21.9 Å². The molecule has 1 aliphatic heterocycles. The second-order valence-electron chi connectivity index (χ2n) is 7.59. The lowest BCUT2D eigenvalue weighted by atomic mass is 10.1. The predicted octanol–water partition coefficient (Wildman–Crippen LogP) is 4.18. The highest BCUT2D eigenvalue weighted by molar-refractivity contribution is 7.90. The summed E-state index contributed by atoms with van der Waals surface area (Å²) in [4.78, 5) is 12.6. The number of nitrogens with one attached hydrogen (secondary N) is 1. The van der Waals surface area contributed by atoms with Gasteiger partial charge >= 0.3 is 16.2 Å². The van der Waals surface area contributed by atoms with Gasteiger partial charge in [-0.3, -0.25) is 9.52 Å². The molecule has 0 spiro atoms. The van der Waals surface area contributed by atoms with Crippen LogP contribution in [0.15, 0.2) is 42.5 Å². The third kappa shape index (κ3) is 6.23. The molecule has 1 fully saturated rings. The first-order valence-corrected chi connectivity index (χ1v) is 11.9. The zero-order valence-electron chi connectivity index (χ0n) is 17.4. The number of rotatable bonds is 9. The largest absolute Gasteiger partial charge is 0.464 e. The summed E-state index contributed by atoms with van der Waals surface area (Å²) in [5.41, 5.74) is 0.711. The predicted molar refractivity (Wildman–Crippen MR) is 114 cm³/mol. The molecule has 2 aromatic carbocycles. The van der Waals surface area contributed by atoms with Gasteiger partial charge in [0.25, 0.3) is 0 Å². The average molecular weight is 471 g/mol. The number of piperidine rings is 1. The van der Waals surface area contributed by atoms with Crippen molar-refractivity contribution in [1.82, 2.24) is 4.31 Å². The minimum atomic E-state index is -4.32. The van der Waals surface area contributed by atoms with E-state index >= 15 is 0 Å². The molecule has 0 aromatic heterocycles.